The number of carbonyl (C=O) groups is 4. The summed E-state index contributed by atoms with van der Waals surface area (Å²) in [6.07, 6.45) is 7.81. The first kappa shape index (κ1) is 42.5. The average Bonchev–Trinajstić information content (AvgIpc) is 4.17. The van der Waals surface area contributed by atoms with E-state index >= 15 is 4.79 Å². The molecule has 1 aromatic heterocycles. The van der Waals surface area contributed by atoms with Crippen LogP contribution in [0.15, 0.2) is 67.3 Å². The van der Waals surface area contributed by atoms with Gasteiger partial charge in [0, 0.05) is 54.9 Å². The van der Waals surface area contributed by atoms with E-state index in [9.17, 15) is 22.8 Å². The van der Waals surface area contributed by atoms with Crippen molar-refractivity contribution in [3.63, 3.8) is 0 Å². The Kier molecular flexibility index (Phi) is 11.0. The smallest absolute Gasteiger partial charge is 0.240 e. The van der Waals surface area contributed by atoms with Crippen LogP contribution in [0.25, 0.3) is 22.2 Å². The SMILES string of the molecule is C=C[C@@H]1C[C@]1(CC(=O)[C@@H]1C[C@@H](Oc2cc(-c3ccccc3)nc3cc(OC)ccc23)CN1C(=O)[C@@H](CC(=O)N1CC2CC3CC(C2)CC1C3)C(C)(C)C)C(=O)NS(=O)(=O)C1CC1. The van der Waals surface area contributed by atoms with E-state index in [4.69, 9.17) is 14.5 Å². The Balaban J connectivity index is 1.03. The molecule has 2 aromatic carbocycles. The molecule has 4 saturated carbocycles. The van der Waals surface area contributed by atoms with E-state index < -0.39 is 56.0 Å². The first-order chi connectivity index (χ1) is 29.5. The molecule has 2 unspecified atom stereocenters. The Hall–Kier alpha value is -4.78. The van der Waals surface area contributed by atoms with Gasteiger partial charge in [-0.1, -0.05) is 57.2 Å². The summed E-state index contributed by atoms with van der Waals surface area (Å²) in [5.41, 5.74) is 0.300. The molecule has 3 amide bonds. The Morgan fingerprint density at radius 1 is 0.935 bits per heavy atom. The van der Waals surface area contributed by atoms with Crippen LogP contribution in [0.3, 0.4) is 0 Å². The number of ketones is 1. The quantitative estimate of drug-likeness (QED) is 0.167. The number of rotatable bonds is 14. The Bertz CT molecular complexity index is 2380. The number of sulfonamides is 1. The van der Waals surface area contributed by atoms with E-state index in [0.717, 1.165) is 30.3 Å². The third-order valence-corrected chi connectivity index (χ3v) is 16.8. The fourth-order valence-electron chi connectivity index (χ4n) is 11.4. The predicted octanol–water partition coefficient (Wildman–Crippen LogP) is 7.11. The molecule has 330 valence electrons. The van der Waals surface area contributed by atoms with Crippen molar-refractivity contribution in [2.45, 2.75) is 115 Å². The van der Waals surface area contributed by atoms with E-state index in [1.165, 1.54) is 19.3 Å². The van der Waals surface area contributed by atoms with Crippen LogP contribution in [0.4, 0.5) is 0 Å². The highest BCUT2D eigenvalue weighted by atomic mass is 32.2. The summed E-state index contributed by atoms with van der Waals surface area (Å²) in [6.45, 7) is 10.6. The number of carbonyl (C=O) groups excluding carboxylic acids is 4. The third-order valence-electron chi connectivity index (χ3n) is 15.0. The van der Waals surface area contributed by atoms with Gasteiger partial charge in [-0.2, -0.15) is 0 Å². The van der Waals surface area contributed by atoms with Gasteiger partial charge in [0.1, 0.15) is 17.6 Å². The zero-order valence-electron chi connectivity index (χ0n) is 36.4. The number of methoxy groups -OCH3 is 1. The molecule has 4 bridgehead atoms. The van der Waals surface area contributed by atoms with Gasteiger partial charge in [-0.25, -0.2) is 13.4 Å². The van der Waals surface area contributed by atoms with Crippen LogP contribution in [0.1, 0.15) is 91.4 Å². The van der Waals surface area contributed by atoms with E-state index in [1.54, 1.807) is 18.1 Å². The van der Waals surface area contributed by atoms with Gasteiger partial charge in [0.15, 0.2) is 5.78 Å². The fourth-order valence-corrected chi connectivity index (χ4v) is 12.8. The number of nitrogens with zero attached hydrogens (tertiary/aromatic N) is 3. The second-order valence-electron chi connectivity index (χ2n) is 20.4. The molecule has 3 saturated heterocycles. The molecular weight excluding hydrogens is 805 g/mol. The third kappa shape index (κ3) is 8.26. The summed E-state index contributed by atoms with van der Waals surface area (Å²) in [7, 11) is -2.27. The molecule has 7 atom stereocenters. The van der Waals surface area contributed by atoms with Crippen molar-refractivity contribution in [3.05, 3.63) is 67.3 Å². The maximum Gasteiger partial charge on any atom is 0.240 e. The molecule has 10 rings (SSSR count). The Labute approximate surface area is 365 Å². The van der Waals surface area contributed by atoms with Gasteiger partial charge in [0.05, 0.1) is 47.5 Å². The van der Waals surface area contributed by atoms with E-state index in [0.29, 0.717) is 53.3 Å². The number of pyridine rings is 1. The number of likely N-dealkylation sites (tertiary alicyclic amines) is 1. The van der Waals surface area contributed by atoms with Gasteiger partial charge in [0.2, 0.25) is 27.7 Å². The first-order valence-corrected chi connectivity index (χ1v) is 24.1. The number of amides is 3. The predicted molar refractivity (Wildman–Crippen MR) is 235 cm³/mol. The number of allylic oxidation sites excluding steroid dienone is 1. The standard InChI is InChI=1S/C49H60N4O8S/c1-6-33-25-49(33,47(57)51-62(58,59)37-13-14-37)26-43(54)42-22-36(61-44-24-40(32-10-8-7-9-11-32)50-41-21-35(60-5)12-15-38(41)44)28-53(42)46(56)39(48(2,3)4)23-45(55)52-27-31-17-29-16-30(18-31)20-34(52)19-29/h6-12,15,21,24,29-31,33-34,36-37,39,42H,1,13-14,16-20,22-23,25-28H2,2-5H3,(H,51,57)/t29?,30?,31?,33-,34?,36-,39-,42+,49-/m1/s1. The highest BCUT2D eigenvalue weighted by Gasteiger charge is 2.61. The Morgan fingerprint density at radius 2 is 1.65 bits per heavy atom. The van der Waals surface area contributed by atoms with Gasteiger partial charge in [-0.3, -0.25) is 23.9 Å². The molecule has 4 aliphatic carbocycles. The van der Waals surface area contributed by atoms with Crippen LogP contribution in [-0.2, 0) is 29.2 Å². The lowest BCUT2D eigenvalue weighted by Gasteiger charge is -2.40. The van der Waals surface area contributed by atoms with Crippen LogP contribution in [0.5, 0.6) is 11.5 Å². The number of hydrogen-bond acceptors (Lipinski definition) is 9. The lowest BCUT2D eigenvalue weighted by molar-refractivity contribution is -0.149. The molecule has 13 heteroatoms. The van der Waals surface area contributed by atoms with Crippen molar-refractivity contribution in [2.75, 3.05) is 20.2 Å². The van der Waals surface area contributed by atoms with Crippen LogP contribution in [-0.4, -0.2) is 90.3 Å². The number of fused-ring (bicyclic) bond motifs is 2. The zero-order valence-corrected chi connectivity index (χ0v) is 37.2. The molecule has 3 aliphatic heterocycles. The van der Waals surface area contributed by atoms with Crippen molar-refractivity contribution in [1.82, 2.24) is 19.5 Å². The largest absolute Gasteiger partial charge is 0.497 e. The molecule has 7 fully saturated rings. The lowest BCUT2D eigenvalue weighted by atomic mass is 9.68. The van der Waals surface area contributed by atoms with Crippen molar-refractivity contribution in [3.8, 4) is 22.8 Å². The lowest BCUT2D eigenvalue weighted by Crippen LogP contribution is -2.50. The number of ether oxygens (including phenoxy) is 2. The summed E-state index contributed by atoms with van der Waals surface area (Å²) >= 11 is 0. The van der Waals surface area contributed by atoms with Crippen molar-refractivity contribution in [2.24, 2.45) is 40.4 Å². The molecular formula is C49H60N4O8S. The van der Waals surface area contributed by atoms with Crippen molar-refractivity contribution in [1.29, 1.82) is 0 Å². The average molecular weight is 865 g/mol. The summed E-state index contributed by atoms with van der Waals surface area (Å²) in [6, 6.07) is 16.4. The maximum absolute atomic E-state index is 15.3. The summed E-state index contributed by atoms with van der Waals surface area (Å²) in [4.78, 5) is 67.0. The monoisotopic (exact) mass is 864 g/mol. The van der Waals surface area contributed by atoms with E-state index in [2.05, 4.69) is 16.2 Å². The number of aromatic nitrogens is 1. The highest BCUT2D eigenvalue weighted by molar-refractivity contribution is 7.90. The van der Waals surface area contributed by atoms with Crippen LogP contribution in [0.2, 0.25) is 0 Å². The molecule has 3 aromatic rings. The molecule has 0 radical (unpaired) electrons. The maximum atomic E-state index is 15.3. The number of benzene rings is 2. The summed E-state index contributed by atoms with van der Waals surface area (Å²) in [5, 5.41) is 0.126. The number of hydrogen-bond donors (Lipinski definition) is 1. The van der Waals surface area contributed by atoms with Gasteiger partial charge in [-0.15, -0.1) is 6.58 Å². The first-order valence-electron chi connectivity index (χ1n) is 22.6. The summed E-state index contributed by atoms with van der Waals surface area (Å²) in [5.74, 6) is 0.524. The van der Waals surface area contributed by atoms with Crippen LogP contribution in [0, 0.1) is 40.4 Å². The van der Waals surface area contributed by atoms with Gasteiger partial charge < -0.3 is 19.3 Å². The second kappa shape index (κ2) is 16.1. The van der Waals surface area contributed by atoms with Gasteiger partial charge in [-0.05, 0) is 92.6 Å². The van der Waals surface area contributed by atoms with Gasteiger partial charge in [0.25, 0.3) is 0 Å². The minimum absolute atomic E-state index is 0.00206. The second-order valence-corrected chi connectivity index (χ2v) is 22.3. The van der Waals surface area contributed by atoms with E-state index in [1.807, 2.05) is 75.4 Å². The molecule has 62 heavy (non-hydrogen) atoms. The highest BCUT2D eigenvalue weighted by Crippen LogP contribution is 2.57. The molecule has 12 nitrogen and oxygen atoms in total. The van der Waals surface area contributed by atoms with Crippen LogP contribution >= 0.6 is 0 Å². The van der Waals surface area contributed by atoms with Crippen molar-refractivity contribution >= 4 is 44.4 Å². The minimum atomic E-state index is -3.87. The zero-order chi connectivity index (χ0) is 43.7. The fraction of sp³-hybridized carbons (Fsp3) is 0.571. The van der Waals surface area contributed by atoms with E-state index in [-0.39, 0.29) is 55.9 Å². The normalized spacial score (nSPS) is 29.5. The summed E-state index contributed by atoms with van der Waals surface area (Å²) < 4.78 is 40.5. The van der Waals surface area contributed by atoms with Gasteiger partial charge >= 0.3 is 0 Å². The minimum Gasteiger partial charge on any atom is -0.497 e. The molecule has 0 spiro atoms. The number of nitrogens with one attached hydrogen (secondary N) is 1. The molecule has 4 heterocycles. The Morgan fingerprint density at radius 3 is 2.29 bits per heavy atom. The van der Waals surface area contributed by atoms with Crippen molar-refractivity contribution < 1.29 is 37.1 Å². The molecule has 7 aliphatic rings. The topological polar surface area (TPSA) is 152 Å². The molecule has 1 N–H and O–H groups in total. The number of Topliss-reactive ketones (excluding diaryl/α,β-unsaturated/α-hetero) is 1. The van der Waals surface area contributed by atoms with Crippen LogP contribution < -0.4 is 14.2 Å².